The van der Waals surface area contributed by atoms with Crippen LogP contribution in [0.3, 0.4) is 0 Å². The molecule has 1 fully saturated rings. The minimum atomic E-state index is -1.48. The minimum Gasteiger partial charge on any atom is -0.493 e. The maximum absolute atomic E-state index is 13.9. The highest BCUT2D eigenvalue weighted by Gasteiger charge is 2.46. The van der Waals surface area contributed by atoms with Gasteiger partial charge in [-0.3, -0.25) is 19.2 Å². The number of nitrogens with one attached hydrogen (secondary N) is 3. The summed E-state index contributed by atoms with van der Waals surface area (Å²) in [5.74, 6) is -1.33. The number of hydrogen-bond acceptors (Lipinski definition) is 13. The van der Waals surface area contributed by atoms with Gasteiger partial charge in [-0.05, 0) is 49.6 Å². The van der Waals surface area contributed by atoms with E-state index in [1.54, 1.807) is 24.3 Å². The first kappa shape index (κ1) is 47.0. The van der Waals surface area contributed by atoms with Crippen molar-refractivity contribution in [2.45, 2.75) is 64.3 Å². The number of fused-ring (bicyclic) bond motifs is 2. The van der Waals surface area contributed by atoms with Crippen LogP contribution in [0.4, 0.5) is 16.2 Å². The van der Waals surface area contributed by atoms with Crippen molar-refractivity contribution in [2.24, 2.45) is 5.73 Å². The van der Waals surface area contributed by atoms with Crippen LogP contribution in [0.2, 0.25) is 0 Å². The zero-order valence-corrected chi connectivity index (χ0v) is 35.3. The Morgan fingerprint density at radius 3 is 2.16 bits per heavy atom. The Labute approximate surface area is 360 Å². The van der Waals surface area contributed by atoms with Crippen molar-refractivity contribution in [1.29, 1.82) is 0 Å². The summed E-state index contributed by atoms with van der Waals surface area (Å²) >= 11 is 0. The molecule has 1 unspecified atom stereocenters. The van der Waals surface area contributed by atoms with E-state index in [0.29, 0.717) is 50.8 Å². The molecule has 18 heteroatoms. The molecule has 0 radical (unpaired) electrons. The van der Waals surface area contributed by atoms with Crippen molar-refractivity contribution in [1.82, 2.24) is 15.5 Å². The first-order valence-electron chi connectivity index (χ1n) is 20.3. The van der Waals surface area contributed by atoms with Crippen LogP contribution in [0.15, 0.2) is 78.9 Å². The Morgan fingerprint density at radius 1 is 0.839 bits per heavy atom. The third-order valence-corrected chi connectivity index (χ3v) is 9.95. The molecule has 0 saturated carbocycles. The molecule has 2 heterocycles. The number of ether oxygens (including phenoxy) is 6. The molecule has 334 valence electrons. The molecule has 18 nitrogen and oxygen atoms in total. The topological polar surface area (TPSA) is 230 Å². The number of methoxy groups -OCH3 is 1. The van der Waals surface area contributed by atoms with Crippen molar-refractivity contribution in [3.63, 3.8) is 0 Å². The Morgan fingerprint density at radius 2 is 1.48 bits per heavy atom. The van der Waals surface area contributed by atoms with Gasteiger partial charge in [-0.1, -0.05) is 54.6 Å². The van der Waals surface area contributed by atoms with Gasteiger partial charge in [0, 0.05) is 31.3 Å². The molecule has 0 spiro atoms. The standard InChI is InChI=1S/C44H56N6O12/c1-28-22-36-43(55)50(35-24-38(61-26-31-8-6-5-7-9-31)37(57-4)23-34(35)42(54)49(36)25-28)44(56)62-27-32-10-12-33(13-11-32)48-41(53)30(3)47-40(52)29(2)46-39(51)14-16-58-18-20-60-21-19-59-17-15-45/h5-13,23-24,29-30,36,43,55H,1,14-22,25-27,45H2,2-4H3,(H,46,51)(H,47,52)(H,48,53)/t29-,30-,36?,43+/m0/s1. The summed E-state index contributed by atoms with van der Waals surface area (Å²) in [7, 11) is 1.45. The third-order valence-electron chi connectivity index (χ3n) is 9.95. The number of anilines is 2. The van der Waals surface area contributed by atoms with Gasteiger partial charge in [0.1, 0.15) is 25.3 Å². The molecule has 3 aromatic rings. The van der Waals surface area contributed by atoms with Crippen LogP contribution in [0.5, 0.6) is 11.5 Å². The Hall–Kier alpha value is -6.05. The molecule has 3 aromatic carbocycles. The Kier molecular flexibility index (Phi) is 17.6. The van der Waals surface area contributed by atoms with Crippen LogP contribution in [-0.4, -0.2) is 124 Å². The van der Waals surface area contributed by atoms with E-state index in [2.05, 4.69) is 22.5 Å². The highest BCUT2D eigenvalue weighted by atomic mass is 16.6. The summed E-state index contributed by atoms with van der Waals surface area (Å²) in [5, 5.41) is 19.6. The molecule has 0 bridgehead atoms. The lowest BCUT2D eigenvalue weighted by molar-refractivity contribution is -0.130. The van der Waals surface area contributed by atoms with E-state index in [-0.39, 0.29) is 67.9 Å². The summed E-state index contributed by atoms with van der Waals surface area (Å²) in [4.78, 5) is 68.3. The van der Waals surface area contributed by atoms with Crippen molar-refractivity contribution < 1.29 is 57.5 Å². The molecule has 4 atom stereocenters. The second-order valence-electron chi connectivity index (χ2n) is 14.7. The first-order chi connectivity index (χ1) is 29.9. The van der Waals surface area contributed by atoms with Crippen molar-refractivity contribution >= 4 is 41.1 Å². The van der Waals surface area contributed by atoms with E-state index in [9.17, 15) is 29.1 Å². The number of aliphatic hydroxyl groups excluding tert-OH is 1. The van der Waals surface area contributed by atoms with E-state index >= 15 is 0 Å². The molecule has 6 N–H and O–H groups in total. The van der Waals surface area contributed by atoms with Gasteiger partial charge < -0.3 is 60.1 Å². The van der Waals surface area contributed by atoms with Gasteiger partial charge in [-0.25, -0.2) is 9.69 Å². The third kappa shape index (κ3) is 13.0. The summed E-state index contributed by atoms with van der Waals surface area (Å²) < 4.78 is 33.3. The second-order valence-corrected chi connectivity index (χ2v) is 14.7. The van der Waals surface area contributed by atoms with Crippen LogP contribution in [0, 0.1) is 0 Å². The van der Waals surface area contributed by atoms with E-state index in [4.69, 9.17) is 34.2 Å². The van der Waals surface area contributed by atoms with Gasteiger partial charge in [0.05, 0.1) is 64.0 Å². The number of nitrogens with zero attached hydrogens (tertiary/aromatic N) is 2. The van der Waals surface area contributed by atoms with E-state index in [1.807, 2.05) is 30.3 Å². The van der Waals surface area contributed by atoms with E-state index in [1.165, 1.54) is 38.0 Å². The summed E-state index contributed by atoms with van der Waals surface area (Å²) in [6.07, 6.45) is -2.07. The molecule has 62 heavy (non-hydrogen) atoms. The number of nitrogens with two attached hydrogens (primary N) is 1. The smallest absolute Gasteiger partial charge is 0.416 e. The summed E-state index contributed by atoms with van der Waals surface area (Å²) in [5.41, 5.74) is 8.14. The highest BCUT2D eigenvalue weighted by Crippen LogP contribution is 2.42. The average Bonchev–Trinajstić information content (AvgIpc) is 3.64. The fraction of sp³-hybridized carbons (Fsp3) is 0.432. The molecular formula is C44H56N6O12. The molecule has 5 rings (SSSR count). The minimum absolute atomic E-state index is 0.0365. The predicted octanol–water partition coefficient (Wildman–Crippen LogP) is 2.87. The van der Waals surface area contributed by atoms with Crippen LogP contribution < -0.4 is 36.1 Å². The number of carbonyl (C=O) groups is 5. The van der Waals surface area contributed by atoms with Crippen LogP contribution in [0.25, 0.3) is 0 Å². The zero-order chi connectivity index (χ0) is 44.6. The van der Waals surface area contributed by atoms with Crippen molar-refractivity contribution in [2.75, 3.05) is 70.1 Å². The molecule has 2 aliphatic heterocycles. The SMILES string of the molecule is C=C1CC2[C@@H](O)N(C(=O)OCc3ccc(NC(=O)[C@H](C)NC(=O)[C@H](C)NC(=O)CCOCCOCCOCCN)cc3)c3cc(OCc4ccccc4)c(OC)cc3C(=O)N2C1. The number of hydrogen-bond donors (Lipinski definition) is 5. The second kappa shape index (κ2) is 23.2. The van der Waals surface area contributed by atoms with Crippen molar-refractivity contribution in [3.8, 4) is 11.5 Å². The first-order valence-corrected chi connectivity index (χ1v) is 20.3. The van der Waals surface area contributed by atoms with Gasteiger partial charge in [0.2, 0.25) is 17.7 Å². The number of benzene rings is 3. The van der Waals surface area contributed by atoms with Gasteiger partial charge in [0.25, 0.3) is 5.91 Å². The van der Waals surface area contributed by atoms with Crippen molar-refractivity contribution in [3.05, 3.63) is 95.6 Å². The van der Waals surface area contributed by atoms with Crippen LogP contribution in [-0.2, 0) is 46.5 Å². The van der Waals surface area contributed by atoms with E-state index < -0.39 is 48.2 Å². The largest absolute Gasteiger partial charge is 0.493 e. The fourth-order valence-electron chi connectivity index (χ4n) is 6.64. The quantitative estimate of drug-likeness (QED) is 0.0724. The fourth-order valence-corrected chi connectivity index (χ4v) is 6.64. The van der Waals surface area contributed by atoms with Gasteiger partial charge >= 0.3 is 6.09 Å². The maximum Gasteiger partial charge on any atom is 0.416 e. The Bertz CT molecular complexity index is 2020. The maximum atomic E-state index is 13.9. The zero-order valence-electron chi connectivity index (χ0n) is 35.3. The number of aliphatic hydroxyl groups is 1. The van der Waals surface area contributed by atoms with Crippen LogP contribution >= 0.6 is 0 Å². The predicted molar refractivity (Wildman–Crippen MR) is 227 cm³/mol. The lowest BCUT2D eigenvalue weighted by Crippen LogP contribution is -2.50. The number of carbonyl (C=O) groups excluding carboxylic acids is 5. The molecule has 0 aromatic heterocycles. The molecule has 2 aliphatic rings. The summed E-state index contributed by atoms with van der Waals surface area (Å²) in [6, 6.07) is 16.3. The monoisotopic (exact) mass is 860 g/mol. The normalized spacial score (nSPS) is 16.7. The number of amides is 5. The highest BCUT2D eigenvalue weighted by molar-refractivity contribution is 6.06. The molecule has 5 amide bonds. The lowest BCUT2D eigenvalue weighted by Gasteiger charge is -2.31. The number of rotatable bonds is 22. The molecule has 0 aliphatic carbocycles. The average molecular weight is 861 g/mol. The van der Waals surface area contributed by atoms with Gasteiger partial charge in [-0.2, -0.15) is 0 Å². The van der Waals surface area contributed by atoms with Gasteiger partial charge in [0.15, 0.2) is 17.7 Å². The van der Waals surface area contributed by atoms with Crippen LogP contribution in [0.1, 0.15) is 48.2 Å². The van der Waals surface area contributed by atoms with E-state index in [0.717, 1.165) is 16.0 Å². The molecular weight excluding hydrogens is 805 g/mol. The van der Waals surface area contributed by atoms with Gasteiger partial charge in [-0.15, -0.1) is 0 Å². The molecule has 1 saturated heterocycles. The summed E-state index contributed by atoms with van der Waals surface area (Å²) in [6.45, 7) is 9.76. The lowest BCUT2D eigenvalue weighted by atomic mass is 10.1. The Balaban J connectivity index is 1.12.